The van der Waals surface area contributed by atoms with Crippen molar-refractivity contribution in [1.29, 1.82) is 0 Å². The summed E-state index contributed by atoms with van der Waals surface area (Å²) in [6, 6.07) is 5.11. The molecule has 0 aliphatic carbocycles. The lowest BCUT2D eigenvalue weighted by Gasteiger charge is -2.12. The van der Waals surface area contributed by atoms with Crippen LogP contribution in [-0.4, -0.2) is 24.8 Å². The van der Waals surface area contributed by atoms with Crippen LogP contribution in [0.15, 0.2) is 22.7 Å². The number of amides is 1. The molecule has 0 heterocycles. The molecule has 3 heteroatoms. The molecule has 1 aromatic rings. The molecule has 1 amide bonds. The average molecular weight is 245 g/mol. The van der Waals surface area contributed by atoms with E-state index in [1.54, 1.807) is 25.1 Å². The summed E-state index contributed by atoms with van der Waals surface area (Å²) in [4.78, 5) is 12.6. The molecule has 70 valence electrons. The zero-order valence-electron chi connectivity index (χ0n) is 10.5. The van der Waals surface area contributed by atoms with Crippen molar-refractivity contribution in [3.63, 3.8) is 0 Å². The molecule has 0 atom stereocenters. The van der Waals surface area contributed by atoms with Gasteiger partial charge in [-0.2, -0.15) is 0 Å². The quantitative estimate of drug-likeness (QED) is 0.744. The molecule has 0 radical (unpaired) electrons. The van der Waals surface area contributed by atoms with Crippen LogP contribution in [0.4, 0.5) is 0 Å². The SMILES string of the molecule is [2H]C([2H])([2H])N(C)C(=O)c1ccc(Br)cc1C. The van der Waals surface area contributed by atoms with Crippen molar-refractivity contribution < 1.29 is 8.91 Å². The second-order valence-electron chi connectivity index (χ2n) is 2.82. The topological polar surface area (TPSA) is 20.3 Å². The zero-order valence-corrected chi connectivity index (χ0v) is 9.05. The molecule has 0 aliphatic heterocycles. The number of carbonyl (C=O) groups is 1. The number of aryl methyl sites for hydroxylation is 1. The van der Waals surface area contributed by atoms with Gasteiger partial charge in [-0.3, -0.25) is 4.79 Å². The zero-order chi connectivity index (χ0) is 12.5. The minimum atomic E-state index is -2.41. The van der Waals surface area contributed by atoms with Crippen molar-refractivity contribution in [3.8, 4) is 0 Å². The Morgan fingerprint density at radius 1 is 1.62 bits per heavy atom. The van der Waals surface area contributed by atoms with E-state index in [2.05, 4.69) is 15.9 Å². The normalized spacial score (nSPS) is 14.2. The molecule has 0 fully saturated rings. The summed E-state index contributed by atoms with van der Waals surface area (Å²) in [6.07, 6.45) is 0. The summed E-state index contributed by atoms with van der Waals surface area (Å²) in [7, 11) is 1.27. The summed E-state index contributed by atoms with van der Waals surface area (Å²) in [6.45, 7) is -0.637. The van der Waals surface area contributed by atoms with E-state index in [4.69, 9.17) is 4.11 Å². The Hall–Kier alpha value is -0.830. The fourth-order valence-electron chi connectivity index (χ4n) is 1.05. The molecule has 13 heavy (non-hydrogen) atoms. The number of rotatable bonds is 1. The summed E-state index contributed by atoms with van der Waals surface area (Å²) in [5.41, 5.74) is 1.15. The maximum atomic E-state index is 11.9. The predicted molar refractivity (Wildman–Crippen MR) is 56.9 cm³/mol. The summed E-state index contributed by atoms with van der Waals surface area (Å²) >= 11 is 3.29. The maximum Gasteiger partial charge on any atom is 0.253 e. The smallest absolute Gasteiger partial charge is 0.253 e. The molecular formula is C10H12BrNO. The van der Waals surface area contributed by atoms with E-state index in [1.807, 2.05) is 0 Å². The van der Waals surface area contributed by atoms with Gasteiger partial charge in [-0.25, -0.2) is 0 Å². The molecule has 0 spiro atoms. The molecule has 0 saturated heterocycles. The summed E-state index contributed by atoms with van der Waals surface area (Å²) in [5, 5.41) is 0. The van der Waals surface area contributed by atoms with Gasteiger partial charge in [-0.15, -0.1) is 0 Å². The van der Waals surface area contributed by atoms with E-state index in [-0.39, 0.29) is 0 Å². The molecule has 0 aromatic heterocycles. The molecule has 0 unspecified atom stereocenters. The molecule has 2 nitrogen and oxygen atoms in total. The lowest BCUT2D eigenvalue weighted by molar-refractivity contribution is 0.0827. The van der Waals surface area contributed by atoms with E-state index in [0.717, 1.165) is 14.9 Å². The highest BCUT2D eigenvalue weighted by atomic mass is 79.9. The van der Waals surface area contributed by atoms with Crippen LogP contribution in [0.3, 0.4) is 0 Å². The van der Waals surface area contributed by atoms with Gasteiger partial charge in [0.2, 0.25) is 0 Å². The van der Waals surface area contributed by atoms with Crippen LogP contribution in [0.5, 0.6) is 0 Å². The number of halogens is 1. The van der Waals surface area contributed by atoms with Gasteiger partial charge in [0.05, 0.1) is 0 Å². The van der Waals surface area contributed by atoms with Crippen LogP contribution in [0.25, 0.3) is 0 Å². The maximum absolute atomic E-state index is 11.9. The standard InChI is InChI=1S/C10H12BrNO/c1-7-6-8(11)4-5-9(7)10(13)12(2)3/h4-6H,1-3H3/i2D3. The van der Waals surface area contributed by atoms with Crippen LogP contribution in [-0.2, 0) is 0 Å². The lowest BCUT2D eigenvalue weighted by Crippen LogP contribution is -2.22. The van der Waals surface area contributed by atoms with Crippen molar-refractivity contribution in [1.82, 2.24) is 4.90 Å². The second-order valence-corrected chi connectivity index (χ2v) is 3.74. The molecule has 0 bridgehead atoms. The van der Waals surface area contributed by atoms with Crippen LogP contribution < -0.4 is 0 Å². The van der Waals surface area contributed by atoms with Crippen LogP contribution in [0.1, 0.15) is 20.0 Å². The van der Waals surface area contributed by atoms with Crippen LogP contribution in [0.2, 0.25) is 0 Å². The highest BCUT2D eigenvalue weighted by Crippen LogP contribution is 2.16. The molecular weight excluding hydrogens is 230 g/mol. The highest BCUT2D eigenvalue weighted by Gasteiger charge is 2.10. The third-order valence-electron chi connectivity index (χ3n) is 1.72. The van der Waals surface area contributed by atoms with E-state index in [0.29, 0.717) is 5.56 Å². The van der Waals surface area contributed by atoms with Gasteiger partial charge in [0.25, 0.3) is 5.91 Å². The summed E-state index contributed by atoms with van der Waals surface area (Å²) < 4.78 is 22.3. The van der Waals surface area contributed by atoms with Crippen molar-refractivity contribution in [2.24, 2.45) is 0 Å². The predicted octanol–water partition coefficient (Wildman–Crippen LogP) is 2.46. The van der Waals surface area contributed by atoms with E-state index < -0.39 is 12.9 Å². The first kappa shape index (κ1) is 6.60. The fourth-order valence-corrected chi connectivity index (χ4v) is 1.52. The minimum absolute atomic E-state index is 0.404. The van der Waals surface area contributed by atoms with Crippen LogP contribution >= 0.6 is 15.9 Å². The van der Waals surface area contributed by atoms with E-state index >= 15 is 0 Å². The van der Waals surface area contributed by atoms with E-state index in [9.17, 15) is 4.79 Å². The Morgan fingerprint density at radius 2 is 2.31 bits per heavy atom. The Labute approximate surface area is 90.9 Å². The third-order valence-corrected chi connectivity index (χ3v) is 2.22. The van der Waals surface area contributed by atoms with Crippen molar-refractivity contribution in [2.45, 2.75) is 6.92 Å². The Balaban J connectivity index is 3.06. The van der Waals surface area contributed by atoms with Crippen LogP contribution in [0, 0.1) is 6.92 Å². The molecule has 0 saturated carbocycles. The van der Waals surface area contributed by atoms with Gasteiger partial charge < -0.3 is 4.90 Å². The van der Waals surface area contributed by atoms with Gasteiger partial charge in [-0.05, 0) is 30.7 Å². The minimum Gasteiger partial charge on any atom is -0.345 e. The van der Waals surface area contributed by atoms with Gasteiger partial charge >= 0.3 is 0 Å². The van der Waals surface area contributed by atoms with Gasteiger partial charge in [0.1, 0.15) is 0 Å². The number of hydrogen-bond acceptors (Lipinski definition) is 1. The van der Waals surface area contributed by atoms with E-state index in [1.165, 1.54) is 7.05 Å². The lowest BCUT2D eigenvalue weighted by atomic mass is 10.1. The number of nitrogens with zero attached hydrogens (tertiary/aromatic N) is 1. The Morgan fingerprint density at radius 3 is 2.85 bits per heavy atom. The van der Waals surface area contributed by atoms with Gasteiger partial charge in [0.15, 0.2) is 0 Å². The molecule has 1 rings (SSSR count). The Kier molecular flexibility index (Phi) is 1.99. The molecule has 0 N–H and O–H groups in total. The number of hydrogen-bond donors (Lipinski definition) is 0. The average Bonchev–Trinajstić information content (AvgIpc) is 2.14. The van der Waals surface area contributed by atoms with Crippen molar-refractivity contribution >= 4 is 21.8 Å². The monoisotopic (exact) mass is 244 g/mol. The first-order valence-electron chi connectivity index (χ1n) is 5.28. The fraction of sp³-hybridized carbons (Fsp3) is 0.300. The summed E-state index contributed by atoms with van der Waals surface area (Å²) in [5.74, 6) is -0.495. The third kappa shape index (κ3) is 2.31. The van der Waals surface area contributed by atoms with Crippen molar-refractivity contribution in [3.05, 3.63) is 33.8 Å². The first-order chi connectivity index (χ1) is 7.23. The number of carbonyl (C=O) groups excluding carboxylic acids is 1. The van der Waals surface area contributed by atoms with Crippen molar-refractivity contribution in [2.75, 3.05) is 14.0 Å². The largest absolute Gasteiger partial charge is 0.345 e. The van der Waals surface area contributed by atoms with Gasteiger partial charge in [0, 0.05) is 28.2 Å². The highest BCUT2D eigenvalue weighted by molar-refractivity contribution is 9.10. The second kappa shape index (κ2) is 3.92. The Bertz CT molecular complexity index is 417. The molecule has 0 aliphatic rings. The molecule has 1 aromatic carbocycles. The number of benzene rings is 1. The van der Waals surface area contributed by atoms with Gasteiger partial charge in [-0.1, -0.05) is 15.9 Å². The first-order valence-corrected chi connectivity index (χ1v) is 4.57.